The number of carbonyl (C=O) groups is 1. The van der Waals surface area contributed by atoms with Gasteiger partial charge >= 0.3 is 6.03 Å². The number of urea groups is 1. The van der Waals surface area contributed by atoms with Gasteiger partial charge in [0.2, 0.25) is 5.75 Å². The highest BCUT2D eigenvalue weighted by Gasteiger charge is 2.24. The number of benzene rings is 1. The average Bonchev–Trinajstić information content (AvgIpc) is 3.01. The van der Waals surface area contributed by atoms with Gasteiger partial charge in [-0.05, 0) is 0 Å². The van der Waals surface area contributed by atoms with Gasteiger partial charge < -0.3 is 29.0 Å². The maximum absolute atomic E-state index is 12.6. The zero-order valence-corrected chi connectivity index (χ0v) is 14.8. The summed E-state index contributed by atoms with van der Waals surface area (Å²) in [7, 11) is 6.55. The lowest BCUT2D eigenvalue weighted by Gasteiger charge is -2.27. The maximum atomic E-state index is 12.6. The minimum Gasteiger partial charge on any atom is -0.493 e. The topological polar surface area (TPSA) is 77.9 Å². The molecule has 1 aliphatic heterocycles. The van der Waals surface area contributed by atoms with Gasteiger partial charge in [0.1, 0.15) is 0 Å². The first kappa shape index (κ1) is 16.9. The molecular formula is C17H22N4O4. The predicted octanol–water partition coefficient (Wildman–Crippen LogP) is 2.04. The number of aryl methyl sites for hydroxylation is 1. The molecule has 1 aromatic heterocycles. The third-order valence-electron chi connectivity index (χ3n) is 4.31. The zero-order chi connectivity index (χ0) is 18.0. The highest BCUT2D eigenvalue weighted by atomic mass is 16.5. The first-order chi connectivity index (χ1) is 12.1. The van der Waals surface area contributed by atoms with Crippen LogP contribution in [0.5, 0.6) is 17.2 Å². The maximum Gasteiger partial charge on any atom is 0.322 e. The van der Waals surface area contributed by atoms with Crippen molar-refractivity contribution in [2.24, 2.45) is 7.05 Å². The molecule has 0 fully saturated rings. The van der Waals surface area contributed by atoms with Crippen LogP contribution in [0.1, 0.15) is 11.4 Å². The molecule has 0 spiro atoms. The monoisotopic (exact) mass is 346 g/mol. The van der Waals surface area contributed by atoms with Crippen LogP contribution in [0, 0.1) is 0 Å². The molecule has 8 heteroatoms. The highest BCUT2D eigenvalue weighted by molar-refractivity contribution is 5.90. The molecule has 1 N–H and O–H groups in total. The summed E-state index contributed by atoms with van der Waals surface area (Å²) in [6, 6.07) is 3.23. The minimum atomic E-state index is -0.180. The van der Waals surface area contributed by atoms with Gasteiger partial charge in [-0.25, -0.2) is 9.78 Å². The van der Waals surface area contributed by atoms with Crippen molar-refractivity contribution in [3.8, 4) is 17.2 Å². The number of nitrogens with zero attached hydrogens (tertiary/aromatic N) is 3. The van der Waals surface area contributed by atoms with Crippen LogP contribution in [-0.4, -0.2) is 48.4 Å². The summed E-state index contributed by atoms with van der Waals surface area (Å²) in [4.78, 5) is 18.7. The van der Waals surface area contributed by atoms with Gasteiger partial charge in [0.25, 0.3) is 0 Å². The summed E-state index contributed by atoms with van der Waals surface area (Å²) in [6.07, 6.45) is 2.53. The van der Waals surface area contributed by atoms with Crippen LogP contribution in [-0.2, 0) is 20.0 Å². The molecule has 0 saturated carbocycles. The Labute approximate surface area is 146 Å². The lowest BCUT2D eigenvalue weighted by Crippen LogP contribution is -2.39. The Hall–Kier alpha value is -2.90. The Morgan fingerprint density at radius 2 is 1.84 bits per heavy atom. The van der Waals surface area contributed by atoms with Crippen LogP contribution in [0.4, 0.5) is 10.5 Å². The van der Waals surface area contributed by atoms with E-state index in [1.54, 1.807) is 23.4 Å². The number of methoxy groups -OCH3 is 3. The number of hydrogen-bond acceptors (Lipinski definition) is 5. The second-order valence-corrected chi connectivity index (χ2v) is 5.76. The quantitative estimate of drug-likeness (QED) is 0.917. The van der Waals surface area contributed by atoms with Crippen molar-refractivity contribution < 1.29 is 19.0 Å². The van der Waals surface area contributed by atoms with E-state index in [0.29, 0.717) is 36.0 Å². The van der Waals surface area contributed by atoms with Crippen molar-refractivity contribution in [2.45, 2.75) is 13.0 Å². The third kappa shape index (κ3) is 3.19. The summed E-state index contributed by atoms with van der Waals surface area (Å²) >= 11 is 0. The number of imidazole rings is 1. The molecule has 2 amide bonds. The number of nitrogens with one attached hydrogen (secondary N) is 1. The molecule has 3 rings (SSSR count). The van der Waals surface area contributed by atoms with Gasteiger partial charge in [-0.1, -0.05) is 0 Å². The Bertz CT molecular complexity index is 762. The number of aromatic nitrogens is 2. The molecule has 0 aliphatic carbocycles. The Balaban J connectivity index is 1.78. The van der Waals surface area contributed by atoms with E-state index in [1.165, 1.54) is 21.3 Å². The number of ether oxygens (including phenoxy) is 3. The number of hydrogen-bond donors (Lipinski definition) is 1. The fraction of sp³-hybridized carbons (Fsp3) is 0.412. The van der Waals surface area contributed by atoms with E-state index in [9.17, 15) is 4.79 Å². The van der Waals surface area contributed by atoms with Crippen LogP contribution in [0.2, 0.25) is 0 Å². The number of fused-ring (bicyclic) bond motifs is 1. The molecule has 2 aromatic rings. The Morgan fingerprint density at radius 1 is 1.16 bits per heavy atom. The molecule has 25 heavy (non-hydrogen) atoms. The van der Waals surface area contributed by atoms with Crippen molar-refractivity contribution >= 4 is 11.7 Å². The smallest absolute Gasteiger partial charge is 0.322 e. The van der Waals surface area contributed by atoms with Crippen molar-refractivity contribution in [1.82, 2.24) is 14.5 Å². The molecule has 1 aromatic carbocycles. The summed E-state index contributed by atoms with van der Waals surface area (Å²) in [6.45, 7) is 1.16. The van der Waals surface area contributed by atoms with Gasteiger partial charge in [-0.3, -0.25) is 0 Å². The summed E-state index contributed by atoms with van der Waals surface area (Å²) in [5, 5.41) is 2.90. The molecule has 0 bridgehead atoms. The van der Waals surface area contributed by atoms with Gasteiger partial charge in [0, 0.05) is 32.1 Å². The molecule has 1 aliphatic rings. The molecular weight excluding hydrogens is 324 g/mol. The minimum absolute atomic E-state index is 0.180. The van der Waals surface area contributed by atoms with Crippen molar-refractivity contribution in [1.29, 1.82) is 0 Å². The van der Waals surface area contributed by atoms with Crippen LogP contribution >= 0.6 is 0 Å². The second-order valence-electron chi connectivity index (χ2n) is 5.76. The third-order valence-corrected chi connectivity index (χ3v) is 4.31. The van der Waals surface area contributed by atoms with E-state index >= 15 is 0 Å². The lowest BCUT2D eigenvalue weighted by molar-refractivity contribution is 0.204. The highest BCUT2D eigenvalue weighted by Crippen LogP contribution is 2.40. The number of anilines is 1. The van der Waals surface area contributed by atoms with Crippen LogP contribution < -0.4 is 19.5 Å². The van der Waals surface area contributed by atoms with Gasteiger partial charge in [0.05, 0.1) is 51.3 Å². The summed E-state index contributed by atoms with van der Waals surface area (Å²) in [5.41, 5.74) is 2.70. The van der Waals surface area contributed by atoms with Crippen molar-refractivity contribution in [3.63, 3.8) is 0 Å². The van der Waals surface area contributed by atoms with Crippen LogP contribution in [0.3, 0.4) is 0 Å². The molecule has 0 saturated heterocycles. The lowest BCUT2D eigenvalue weighted by atomic mass is 10.1. The van der Waals surface area contributed by atoms with Crippen LogP contribution in [0.15, 0.2) is 18.5 Å². The summed E-state index contributed by atoms with van der Waals surface area (Å²) < 4.78 is 17.9. The largest absolute Gasteiger partial charge is 0.493 e. The zero-order valence-electron chi connectivity index (χ0n) is 14.8. The first-order valence-corrected chi connectivity index (χ1v) is 7.92. The van der Waals surface area contributed by atoms with Gasteiger partial charge in [0.15, 0.2) is 11.5 Å². The first-order valence-electron chi connectivity index (χ1n) is 7.92. The van der Waals surface area contributed by atoms with E-state index in [1.807, 2.05) is 11.6 Å². The number of rotatable bonds is 4. The van der Waals surface area contributed by atoms with Crippen molar-refractivity contribution in [2.75, 3.05) is 33.2 Å². The fourth-order valence-corrected chi connectivity index (χ4v) is 2.95. The molecule has 0 radical (unpaired) electrons. The van der Waals surface area contributed by atoms with Crippen LogP contribution in [0.25, 0.3) is 0 Å². The fourth-order valence-electron chi connectivity index (χ4n) is 2.95. The SMILES string of the molecule is COc1cc(NC(=O)N2CCc3ncn(C)c3C2)cc(OC)c1OC. The molecule has 8 nitrogen and oxygen atoms in total. The molecule has 2 heterocycles. The Morgan fingerprint density at radius 3 is 2.44 bits per heavy atom. The van der Waals surface area contributed by atoms with E-state index in [2.05, 4.69) is 10.3 Å². The average molecular weight is 346 g/mol. The van der Waals surface area contributed by atoms with E-state index in [-0.39, 0.29) is 6.03 Å². The van der Waals surface area contributed by atoms with E-state index in [4.69, 9.17) is 14.2 Å². The van der Waals surface area contributed by atoms with Crippen molar-refractivity contribution in [3.05, 3.63) is 29.8 Å². The molecule has 134 valence electrons. The summed E-state index contributed by atoms with van der Waals surface area (Å²) in [5.74, 6) is 1.47. The van der Waals surface area contributed by atoms with E-state index in [0.717, 1.165) is 17.8 Å². The Kier molecular flexibility index (Phi) is 4.69. The molecule has 0 atom stereocenters. The van der Waals surface area contributed by atoms with Gasteiger partial charge in [-0.15, -0.1) is 0 Å². The van der Waals surface area contributed by atoms with E-state index < -0.39 is 0 Å². The normalized spacial score (nSPS) is 13.2. The molecule has 0 unspecified atom stereocenters. The second kappa shape index (κ2) is 6.92. The number of amides is 2. The van der Waals surface area contributed by atoms with Gasteiger partial charge in [-0.2, -0.15) is 0 Å². The standard InChI is InChI=1S/C17H22N4O4/c1-20-10-18-12-5-6-21(9-13(12)20)17(22)19-11-7-14(23-2)16(25-4)15(8-11)24-3/h7-8,10H,5-6,9H2,1-4H3,(H,19,22). The predicted molar refractivity (Wildman–Crippen MR) is 92.4 cm³/mol. The number of carbonyl (C=O) groups excluding carboxylic acids is 1.